The van der Waals surface area contributed by atoms with Crippen LogP contribution < -0.4 is 5.32 Å². The first-order valence-corrected chi connectivity index (χ1v) is 11.0. The van der Waals surface area contributed by atoms with Crippen LogP contribution in [0.4, 0.5) is 0 Å². The van der Waals surface area contributed by atoms with Crippen molar-refractivity contribution >= 4 is 15.9 Å². The van der Waals surface area contributed by atoms with Gasteiger partial charge >= 0.3 is 0 Å². The van der Waals surface area contributed by atoms with Gasteiger partial charge in [0.25, 0.3) is 0 Å². The molecule has 4 atom stereocenters. The van der Waals surface area contributed by atoms with Crippen LogP contribution in [-0.4, -0.2) is 38.3 Å². The van der Waals surface area contributed by atoms with Gasteiger partial charge in [-0.3, -0.25) is 4.79 Å². The van der Waals surface area contributed by atoms with Gasteiger partial charge in [-0.2, -0.15) is 4.31 Å². The van der Waals surface area contributed by atoms with Gasteiger partial charge in [0.1, 0.15) is 0 Å². The molecule has 4 unspecified atom stereocenters. The number of benzene rings is 1. The van der Waals surface area contributed by atoms with Gasteiger partial charge < -0.3 is 5.32 Å². The number of carbonyl (C=O) groups is 1. The van der Waals surface area contributed by atoms with E-state index in [-0.39, 0.29) is 23.4 Å². The molecule has 144 valence electrons. The highest BCUT2D eigenvalue weighted by atomic mass is 32.2. The van der Waals surface area contributed by atoms with E-state index in [1.807, 2.05) is 13.8 Å². The molecule has 0 aromatic heterocycles. The van der Waals surface area contributed by atoms with E-state index in [0.717, 1.165) is 27.3 Å². The normalized spacial score (nSPS) is 26.3. The Morgan fingerprint density at radius 3 is 2.54 bits per heavy atom. The van der Waals surface area contributed by atoms with Crippen molar-refractivity contribution in [2.24, 2.45) is 17.8 Å². The number of aryl methyl sites for hydroxylation is 2. The van der Waals surface area contributed by atoms with Crippen LogP contribution in [0.25, 0.3) is 0 Å². The van der Waals surface area contributed by atoms with Crippen LogP contribution in [0.15, 0.2) is 23.1 Å². The fourth-order valence-electron chi connectivity index (χ4n) is 4.65. The molecule has 26 heavy (non-hydrogen) atoms. The van der Waals surface area contributed by atoms with Crippen molar-refractivity contribution in [3.63, 3.8) is 0 Å². The number of hydrogen-bond donors (Lipinski definition) is 1. The van der Waals surface area contributed by atoms with E-state index >= 15 is 0 Å². The van der Waals surface area contributed by atoms with Crippen molar-refractivity contribution in [2.45, 2.75) is 57.4 Å². The van der Waals surface area contributed by atoms with Gasteiger partial charge in [0.2, 0.25) is 15.9 Å². The summed E-state index contributed by atoms with van der Waals surface area (Å²) in [4.78, 5) is 12.6. The van der Waals surface area contributed by atoms with E-state index in [9.17, 15) is 13.2 Å². The van der Waals surface area contributed by atoms with Crippen LogP contribution in [0.5, 0.6) is 0 Å². The number of nitrogens with one attached hydrogen (secondary N) is 1. The molecular formula is C20H30N2O3S. The average molecular weight is 379 g/mol. The first kappa shape index (κ1) is 19.4. The third kappa shape index (κ3) is 3.81. The summed E-state index contributed by atoms with van der Waals surface area (Å²) in [5.41, 5.74) is 1.97. The smallest absolute Gasteiger partial charge is 0.243 e. The minimum absolute atomic E-state index is 0.107. The molecule has 6 heteroatoms. The third-order valence-corrected chi connectivity index (χ3v) is 8.18. The summed E-state index contributed by atoms with van der Waals surface area (Å²) in [6, 6.07) is 5.17. The summed E-state index contributed by atoms with van der Waals surface area (Å²) in [6.45, 7) is 5.74. The third-order valence-electron chi connectivity index (χ3n) is 6.38. The molecule has 0 heterocycles. The van der Waals surface area contributed by atoms with Crippen molar-refractivity contribution in [3.05, 3.63) is 29.3 Å². The van der Waals surface area contributed by atoms with Crippen molar-refractivity contribution in [3.8, 4) is 0 Å². The van der Waals surface area contributed by atoms with Gasteiger partial charge in [0.05, 0.1) is 11.4 Å². The number of rotatable bonds is 6. The van der Waals surface area contributed by atoms with E-state index in [2.05, 4.69) is 12.2 Å². The Balaban J connectivity index is 1.60. The van der Waals surface area contributed by atoms with Crippen molar-refractivity contribution in [1.29, 1.82) is 0 Å². The quantitative estimate of drug-likeness (QED) is 0.828. The Labute approximate surface area is 157 Å². The zero-order chi connectivity index (χ0) is 19.1. The molecule has 2 bridgehead atoms. The molecule has 5 nitrogen and oxygen atoms in total. The molecule has 1 aromatic carbocycles. The minimum Gasteiger partial charge on any atom is -0.352 e. The first-order chi connectivity index (χ1) is 12.2. The van der Waals surface area contributed by atoms with Gasteiger partial charge in [-0.05, 0) is 81.0 Å². The van der Waals surface area contributed by atoms with Crippen molar-refractivity contribution in [1.82, 2.24) is 9.62 Å². The first-order valence-electron chi connectivity index (χ1n) is 9.51. The van der Waals surface area contributed by atoms with Crippen molar-refractivity contribution < 1.29 is 13.2 Å². The molecule has 0 radical (unpaired) electrons. The largest absolute Gasteiger partial charge is 0.352 e. The fraction of sp³-hybridized carbons (Fsp3) is 0.650. The maximum absolute atomic E-state index is 12.7. The van der Waals surface area contributed by atoms with E-state index in [0.29, 0.717) is 5.92 Å². The topological polar surface area (TPSA) is 66.5 Å². The number of nitrogens with zero attached hydrogens (tertiary/aromatic N) is 1. The summed E-state index contributed by atoms with van der Waals surface area (Å²) in [6.07, 6.45) is 5.10. The van der Waals surface area contributed by atoms with Gasteiger partial charge in [0, 0.05) is 13.1 Å². The number of carbonyl (C=O) groups excluding carboxylic acids is 1. The summed E-state index contributed by atoms with van der Waals surface area (Å²) >= 11 is 0. The summed E-state index contributed by atoms with van der Waals surface area (Å²) in [7, 11) is -2.20. The van der Waals surface area contributed by atoms with Crippen molar-refractivity contribution in [2.75, 3.05) is 13.6 Å². The average Bonchev–Trinajstić information content (AvgIpc) is 3.20. The maximum atomic E-state index is 12.7. The predicted octanol–water partition coefficient (Wildman–Crippen LogP) is 2.86. The van der Waals surface area contributed by atoms with Crippen LogP contribution >= 0.6 is 0 Å². The second kappa shape index (κ2) is 7.31. The summed E-state index contributed by atoms with van der Waals surface area (Å²) < 4.78 is 26.6. The zero-order valence-electron chi connectivity index (χ0n) is 16.2. The molecule has 0 aliphatic heterocycles. The Kier molecular flexibility index (Phi) is 5.45. The predicted molar refractivity (Wildman–Crippen MR) is 102 cm³/mol. The second-order valence-corrected chi connectivity index (χ2v) is 10.2. The Morgan fingerprint density at radius 2 is 1.96 bits per heavy atom. The molecular weight excluding hydrogens is 348 g/mol. The standard InChI is InChI=1S/C20H30N2O3S/c1-13-5-8-18(9-14(13)2)26(24,25)22(4)12-20(23)21-15(3)19-11-16-6-7-17(19)10-16/h5,8-9,15-17,19H,6-7,10-12H2,1-4H3,(H,21,23). The zero-order valence-corrected chi connectivity index (χ0v) is 17.0. The monoisotopic (exact) mass is 378 g/mol. The lowest BCUT2D eigenvalue weighted by Gasteiger charge is -2.29. The summed E-state index contributed by atoms with van der Waals surface area (Å²) in [5.74, 6) is 1.87. The lowest BCUT2D eigenvalue weighted by atomic mass is 9.84. The van der Waals surface area contributed by atoms with Gasteiger partial charge in [0.15, 0.2) is 0 Å². The highest BCUT2D eigenvalue weighted by Crippen LogP contribution is 2.49. The fourth-order valence-corrected chi connectivity index (χ4v) is 5.87. The molecule has 2 aliphatic rings. The highest BCUT2D eigenvalue weighted by molar-refractivity contribution is 7.89. The number of likely N-dealkylation sites (N-methyl/N-ethyl adjacent to an activating group) is 1. The van der Waals surface area contributed by atoms with Crippen LogP contribution in [0.3, 0.4) is 0 Å². The molecule has 0 spiro atoms. The van der Waals surface area contributed by atoms with E-state index < -0.39 is 10.0 Å². The Morgan fingerprint density at radius 1 is 1.23 bits per heavy atom. The maximum Gasteiger partial charge on any atom is 0.243 e. The number of fused-ring (bicyclic) bond motifs is 2. The molecule has 1 N–H and O–H groups in total. The number of sulfonamides is 1. The molecule has 1 aromatic rings. The van der Waals surface area contributed by atoms with Crippen LogP contribution in [-0.2, 0) is 14.8 Å². The van der Waals surface area contributed by atoms with Gasteiger partial charge in [-0.1, -0.05) is 12.5 Å². The van der Waals surface area contributed by atoms with Crippen LogP contribution in [0.1, 0.15) is 43.7 Å². The molecule has 2 fully saturated rings. The van der Waals surface area contributed by atoms with Gasteiger partial charge in [-0.15, -0.1) is 0 Å². The number of amides is 1. The minimum atomic E-state index is -3.66. The Bertz CT molecular complexity index is 790. The van der Waals surface area contributed by atoms with Gasteiger partial charge in [-0.25, -0.2) is 8.42 Å². The second-order valence-electron chi connectivity index (χ2n) is 8.20. The Hall–Kier alpha value is -1.40. The highest BCUT2D eigenvalue weighted by Gasteiger charge is 2.42. The van der Waals surface area contributed by atoms with E-state index in [1.54, 1.807) is 18.2 Å². The van der Waals surface area contributed by atoms with E-state index in [1.165, 1.54) is 32.7 Å². The lowest BCUT2D eigenvalue weighted by Crippen LogP contribution is -2.45. The lowest BCUT2D eigenvalue weighted by molar-refractivity contribution is -0.122. The molecule has 1 amide bonds. The van der Waals surface area contributed by atoms with Crippen LogP contribution in [0, 0.1) is 31.6 Å². The molecule has 2 saturated carbocycles. The molecule has 0 saturated heterocycles. The number of hydrogen-bond acceptors (Lipinski definition) is 3. The van der Waals surface area contributed by atoms with Crippen LogP contribution in [0.2, 0.25) is 0 Å². The SMILES string of the molecule is Cc1ccc(S(=O)(=O)N(C)CC(=O)NC(C)C2CC3CCC2C3)cc1C. The molecule has 3 rings (SSSR count). The summed E-state index contributed by atoms with van der Waals surface area (Å²) in [5, 5.41) is 3.04. The molecule has 2 aliphatic carbocycles. The van der Waals surface area contributed by atoms with E-state index in [4.69, 9.17) is 0 Å².